The highest BCUT2D eigenvalue weighted by molar-refractivity contribution is 6.07. The van der Waals surface area contributed by atoms with Gasteiger partial charge in [-0.15, -0.1) is 0 Å². The summed E-state index contributed by atoms with van der Waals surface area (Å²) in [5.74, 6) is 1.21. The van der Waals surface area contributed by atoms with Crippen molar-refractivity contribution in [1.82, 2.24) is 0 Å². The number of hydrogen-bond donors (Lipinski definition) is 2. The first-order valence-corrected chi connectivity index (χ1v) is 10.0. The van der Waals surface area contributed by atoms with Crippen LogP contribution >= 0.6 is 0 Å². The molecule has 1 spiro atoms. The molecule has 0 bridgehead atoms. The Labute approximate surface area is 170 Å². The third-order valence-corrected chi connectivity index (χ3v) is 6.02. The summed E-state index contributed by atoms with van der Waals surface area (Å²) in [4.78, 5) is 25.3. The number of carbonyl (C=O) groups is 2. The van der Waals surface area contributed by atoms with E-state index in [-0.39, 0.29) is 18.2 Å². The Morgan fingerprint density at radius 2 is 1.79 bits per heavy atom. The van der Waals surface area contributed by atoms with Crippen molar-refractivity contribution >= 4 is 23.2 Å². The SMILES string of the molecule is COc1ccc(CC(=O)Nc2ccc3c(c2)C2(CCCCC2)C(=O)N3)cc1OC. The molecule has 152 valence electrons. The van der Waals surface area contributed by atoms with E-state index in [9.17, 15) is 9.59 Å². The summed E-state index contributed by atoms with van der Waals surface area (Å²) in [6, 6.07) is 11.1. The Hall–Kier alpha value is -3.02. The molecule has 1 fully saturated rings. The third-order valence-electron chi connectivity index (χ3n) is 6.02. The highest BCUT2D eigenvalue weighted by Crippen LogP contribution is 2.48. The second-order valence-electron chi connectivity index (χ2n) is 7.77. The molecule has 0 aromatic heterocycles. The zero-order valence-electron chi connectivity index (χ0n) is 16.8. The second kappa shape index (κ2) is 7.78. The zero-order chi connectivity index (χ0) is 20.4. The van der Waals surface area contributed by atoms with Crippen molar-refractivity contribution in [2.45, 2.75) is 43.9 Å². The van der Waals surface area contributed by atoms with Crippen molar-refractivity contribution in [3.05, 3.63) is 47.5 Å². The van der Waals surface area contributed by atoms with E-state index in [0.717, 1.165) is 48.2 Å². The predicted octanol–water partition coefficient (Wildman–Crippen LogP) is 4.04. The second-order valence-corrected chi connectivity index (χ2v) is 7.77. The normalized spacial score (nSPS) is 16.8. The van der Waals surface area contributed by atoms with E-state index in [0.29, 0.717) is 11.5 Å². The number of anilines is 2. The third kappa shape index (κ3) is 3.55. The topological polar surface area (TPSA) is 76.7 Å². The van der Waals surface area contributed by atoms with Gasteiger partial charge in [-0.3, -0.25) is 9.59 Å². The van der Waals surface area contributed by atoms with Crippen LogP contribution in [0.5, 0.6) is 11.5 Å². The van der Waals surface area contributed by atoms with Crippen molar-refractivity contribution in [1.29, 1.82) is 0 Å². The number of methoxy groups -OCH3 is 2. The van der Waals surface area contributed by atoms with E-state index in [1.54, 1.807) is 26.4 Å². The molecule has 2 aliphatic rings. The predicted molar refractivity (Wildman–Crippen MR) is 112 cm³/mol. The molecule has 2 N–H and O–H groups in total. The van der Waals surface area contributed by atoms with Crippen molar-refractivity contribution in [2.75, 3.05) is 24.9 Å². The minimum atomic E-state index is -0.433. The molecule has 0 atom stereocenters. The molecule has 0 radical (unpaired) electrons. The molecule has 0 unspecified atom stereocenters. The Balaban J connectivity index is 1.51. The molecule has 2 aromatic carbocycles. The van der Waals surface area contributed by atoms with Crippen molar-refractivity contribution < 1.29 is 19.1 Å². The van der Waals surface area contributed by atoms with Crippen LogP contribution in [0.15, 0.2) is 36.4 Å². The fourth-order valence-electron chi connectivity index (χ4n) is 4.52. The first-order chi connectivity index (χ1) is 14.1. The average Bonchev–Trinajstić information content (AvgIpc) is 2.99. The van der Waals surface area contributed by atoms with Gasteiger partial charge in [-0.2, -0.15) is 0 Å². The molecule has 6 heteroatoms. The van der Waals surface area contributed by atoms with Gasteiger partial charge in [-0.25, -0.2) is 0 Å². The monoisotopic (exact) mass is 394 g/mol. The van der Waals surface area contributed by atoms with E-state index in [4.69, 9.17) is 9.47 Å². The van der Waals surface area contributed by atoms with Crippen LogP contribution in [-0.2, 0) is 21.4 Å². The van der Waals surface area contributed by atoms with Gasteiger partial charge in [0.1, 0.15) is 0 Å². The van der Waals surface area contributed by atoms with Crippen LogP contribution in [0.4, 0.5) is 11.4 Å². The summed E-state index contributed by atoms with van der Waals surface area (Å²) in [6.45, 7) is 0. The molecule has 4 rings (SSSR count). The summed E-state index contributed by atoms with van der Waals surface area (Å²) in [6.07, 6.45) is 5.25. The van der Waals surface area contributed by atoms with Crippen LogP contribution in [0.2, 0.25) is 0 Å². The number of rotatable bonds is 5. The summed E-state index contributed by atoms with van der Waals surface area (Å²) in [7, 11) is 3.15. The number of fused-ring (bicyclic) bond motifs is 2. The van der Waals surface area contributed by atoms with Crippen LogP contribution in [0.3, 0.4) is 0 Å². The van der Waals surface area contributed by atoms with Crippen LogP contribution in [0.1, 0.15) is 43.2 Å². The summed E-state index contributed by atoms with van der Waals surface area (Å²) in [5.41, 5.74) is 3.01. The van der Waals surface area contributed by atoms with Gasteiger partial charge in [-0.05, 0) is 54.3 Å². The lowest BCUT2D eigenvalue weighted by Crippen LogP contribution is -2.36. The minimum absolute atomic E-state index is 0.0982. The average molecular weight is 394 g/mol. The minimum Gasteiger partial charge on any atom is -0.493 e. The van der Waals surface area contributed by atoms with Crippen molar-refractivity contribution in [3.63, 3.8) is 0 Å². The quantitative estimate of drug-likeness (QED) is 0.802. The lowest BCUT2D eigenvalue weighted by Gasteiger charge is -2.31. The van der Waals surface area contributed by atoms with E-state index in [2.05, 4.69) is 10.6 Å². The molecule has 1 saturated carbocycles. The van der Waals surface area contributed by atoms with E-state index in [1.165, 1.54) is 6.42 Å². The lowest BCUT2D eigenvalue weighted by molar-refractivity contribution is -0.122. The molecular formula is C23H26N2O4. The molecule has 29 heavy (non-hydrogen) atoms. The zero-order valence-corrected chi connectivity index (χ0v) is 16.8. The van der Waals surface area contributed by atoms with Gasteiger partial charge in [0, 0.05) is 11.4 Å². The van der Waals surface area contributed by atoms with E-state index in [1.807, 2.05) is 24.3 Å². The van der Waals surface area contributed by atoms with E-state index < -0.39 is 5.41 Å². The van der Waals surface area contributed by atoms with Crippen LogP contribution in [0, 0.1) is 0 Å². The van der Waals surface area contributed by atoms with Crippen LogP contribution < -0.4 is 20.1 Å². The molecule has 6 nitrogen and oxygen atoms in total. The molecule has 1 aliphatic carbocycles. The lowest BCUT2D eigenvalue weighted by atomic mass is 9.70. The number of hydrogen-bond acceptors (Lipinski definition) is 4. The largest absolute Gasteiger partial charge is 0.493 e. The molecule has 2 amide bonds. The van der Waals surface area contributed by atoms with Gasteiger partial charge in [0.2, 0.25) is 11.8 Å². The van der Waals surface area contributed by atoms with Crippen molar-refractivity contribution in [3.8, 4) is 11.5 Å². The number of amides is 2. The van der Waals surface area contributed by atoms with Gasteiger partial charge in [0.25, 0.3) is 0 Å². The molecule has 2 aromatic rings. The highest BCUT2D eigenvalue weighted by atomic mass is 16.5. The standard InChI is InChI=1S/C23H26N2O4/c1-28-19-9-6-15(12-20(19)29-2)13-21(26)24-16-7-8-18-17(14-16)23(22(27)25-18)10-4-3-5-11-23/h6-9,12,14H,3-5,10-11,13H2,1-2H3,(H,24,26)(H,25,27). The van der Waals surface area contributed by atoms with E-state index >= 15 is 0 Å². The van der Waals surface area contributed by atoms with Crippen LogP contribution in [-0.4, -0.2) is 26.0 Å². The molecule has 1 heterocycles. The Bertz CT molecular complexity index is 948. The number of benzene rings is 2. The van der Waals surface area contributed by atoms with Gasteiger partial charge in [0.15, 0.2) is 11.5 Å². The maximum absolute atomic E-state index is 12.7. The number of nitrogens with one attached hydrogen (secondary N) is 2. The molecule has 0 saturated heterocycles. The molecule has 1 aliphatic heterocycles. The van der Waals surface area contributed by atoms with Gasteiger partial charge in [0.05, 0.1) is 26.1 Å². The van der Waals surface area contributed by atoms with Gasteiger partial charge in [-0.1, -0.05) is 25.3 Å². The Morgan fingerprint density at radius 3 is 2.52 bits per heavy atom. The summed E-state index contributed by atoms with van der Waals surface area (Å²) < 4.78 is 10.5. The van der Waals surface area contributed by atoms with Crippen molar-refractivity contribution in [2.24, 2.45) is 0 Å². The Kier molecular flexibility index (Phi) is 5.18. The summed E-state index contributed by atoms with van der Waals surface area (Å²) >= 11 is 0. The summed E-state index contributed by atoms with van der Waals surface area (Å²) in [5, 5.41) is 6.00. The highest BCUT2D eigenvalue weighted by Gasteiger charge is 2.47. The molecular weight excluding hydrogens is 368 g/mol. The Morgan fingerprint density at radius 1 is 1.03 bits per heavy atom. The van der Waals surface area contributed by atoms with Gasteiger partial charge >= 0.3 is 0 Å². The number of ether oxygens (including phenoxy) is 2. The first kappa shape index (κ1) is 19.3. The fraction of sp³-hybridized carbons (Fsp3) is 0.391. The smallest absolute Gasteiger partial charge is 0.235 e. The first-order valence-electron chi connectivity index (χ1n) is 10.0. The van der Waals surface area contributed by atoms with Crippen LogP contribution in [0.25, 0.3) is 0 Å². The maximum Gasteiger partial charge on any atom is 0.235 e. The van der Waals surface area contributed by atoms with Gasteiger partial charge < -0.3 is 20.1 Å². The maximum atomic E-state index is 12.7. The fourth-order valence-corrected chi connectivity index (χ4v) is 4.52. The number of carbonyl (C=O) groups excluding carboxylic acids is 2.